The molecule has 0 aromatic carbocycles. The van der Waals surface area contributed by atoms with Crippen LogP contribution in [0.1, 0.15) is 51.1 Å². The van der Waals surface area contributed by atoms with Gasteiger partial charge in [0.1, 0.15) is 0 Å². The molecule has 6 nitrogen and oxygen atoms in total. The summed E-state index contributed by atoms with van der Waals surface area (Å²) < 4.78 is 1.87. The zero-order chi connectivity index (χ0) is 16.9. The van der Waals surface area contributed by atoms with E-state index in [1.165, 1.54) is 0 Å². The van der Waals surface area contributed by atoms with Crippen LogP contribution in [-0.4, -0.2) is 27.9 Å². The zero-order valence-corrected chi connectivity index (χ0v) is 14.1. The molecule has 2 heterocycles. The first-order valence-electron chi connectivity index (χ1n) is 8.09. The van der Waals surface area contributed by atoms with Gasteiger partial charge in [-0.05, 0) is 12.0 Å². The molecule has 0 fully saturated rings. The summed E-state index contributed by atoms with van der Waals surface area (Å²) in [5, 5.41) is 15.4. The first-order chi connectivity index (χ1) is 11.0. The van der Waals surface area contributed by atoms with Gasteiger partial charge in [0.2, 0.25) is 5.91 Å². The minimum Gasteiger partial charge on any atom is -0.355 e. The molecule has 1 N–H and O–H groups in total. The molecule has 1 atom stereocenters. The quantitative estimate of drug-likeness (QED) is 0.712. The van der Waals surface area contributed by atoms with Gasteiger partial charge < -0.3 is 5.32 Å². The maximum absolute atomic E-state index is 12.1. The van der Waals surface area contributed by atoms with Crippen LogP contribution in [0.25, 0.3) is 0 Å². The third-order valence-corrected chi connectivity index (χ3v) is 4.37. The first kappa shape index (κ1) is 17.2. The Morgan fingerprint density at radius 2 is 2.17 bits per heavy atom. The van der Waals surface area contributed by atoms with E-state index in [1.54, 1.807) is 6.20 Å². The second kappa shape index (κ2) is 7.40. The Morgan fingerprint density at radius 3 is 2.70 bits per heavy atom. The summed E-state index contributed by atoms with van der Waals surface area (Å²) in [6.07, 6.45) is 9.50. The van der Waals surface area contributed by atoms with Crippen molar-refractivity contribution in [3.63, 3.8) is 0 Å². The van der Waals surface area contributed by atoms with E-state index in [2.05, 4.69) is 40.4 Å². The number of rotatable bonds is 9. The Labute approximate surface area is 137 Å². The number of carbonyl (C=O) groups is 1. The van der Waals surface area contributed by atoms with Crippen molar-refractivity contribution in [2.45, 2.75) is 51.1 Å². The van der Waals surface area contributed by atoms with Gasteiger partial charge in [-0.2, -0.15) is 15.3 Å². The van der Waals surface area contributed by atoms with Gasteiger partial charge in [-0.3, -0.25) is 9.48 Å². The highest BCUT2D eigenvalue weighted by Gasteiger charge is 2.39. The zero-order valence-electron chi connectivity index (χ0n) is 14.1. The van der Waals surface area contributed by atoms with Crippen molar-refractivity contribution in [2.24, 2.45) is 23.2 Å². The number of aryl methyl sites for hydroxylation is 1. The van der Waals surface area contributed by atoms with Crippen molar-refractivity contribution in [3.8, 4) is 12.3 Å². The van der Waals surface area contributed by atoms with E-state index < -0.39 is 0 Å². The molecule has 0 saturated carbocycles. The average molecular weight is 315 g/mol. The SMILES string of the molecule is C#CCCC1(CCC(=O)NCC(c2ccnn2C)C(C)C)N=N1. The molecule has 124 valence electrons. The Morgan fingerprint density at radius 1 is 1.43 bits per heavy atom. The van der Waals surface area contributed by atoms with E-state index in [1.807, 2.05) is 17.8 Å². The Kier molecular flexibility index (Phi) is 5.54. The molecule has 0 spiro atoms. The fourth-order valence-electron chi connectivity index (χ4n) is 2.72. The standard InChI is InChI=1S/C17H25N5O/c1-5-6-9-17(20-21-17)10-7-16(23)18-12-14(13(2)3)15-8-11-19-22(15)4/h1,8,11,13-14H,6-7,9-10,12H2,2-4H3,(H,18,23). The molecule has 0 aliphatic carbocycles. The molecule has 1 aromatic heterocycles. The number of hydrogen-bond acceptors (Lipinski definition) is 4. The van der Waals surface area contributed by atoms with Crippen LogP contribution in [-0.2, 0) is 11.8 Å². The molecule has 6 heteroatoms. The number of nitrogens with one attached hydrogen (secondary N) is 1. The van der Waals surface area contributed by atoms with Crippen LogP contribution in [0.3, 0.4) is 0 Å². The molecule has 0 saturated heterocycles. The van der Waals surface area contributed by atoms with E-state index in [-0.39, 0.29) is 17.5 Å². The van der Waals surface area contributed by atoms with Gasteiger partial charge in [-0.1, -0.05) is 13.8 Å². The first-order valence-corrected chi connectivity index (χ1v) is 8.09. The highest BCUT2D eigenvalue weighted by atomic mass is 16.1. The van der Waals surface area contributed by atoms with E-state index >= 15 is 0 Å². The second-order valence-corrected chi connectivity index (χ2v) is 6.42. The number of amides is 1. The number of hydrogen-bond donors (Lipinski definition) is 1. The molecule has 1 unspecified atom stereocenters. The van der Waals surface area contributed by atoms with Gasteiger partial charge in [0.15, 0.2) is 5.66 Å². The van der Waals surface area contributed by atoms with Crippen LogP contribution >= 0.6 is 0 Å². The minimum absolute atomic E-state index is 0.0372. The lowest BCUT2D eigenvalue weighted by molar-refractivity contribution is -0.121. The van der Waals surface area contributed by atoms with Crippen LogP contribution in [0.4, 0.5) is 0 Å². The Balaban J connectivity index is 1.79. The molecule has 1 aromatic rings. The Bertz CT molecular complexity index is 605. The molecule has 0 radical (unpaired) electrons. The summed E-state index contributed by atoms with van der Waals surface area (Å²) in [6.45, 7) is 4.92. The second-order valence-electron chi connectivity index (χ2n) is 6.42. The van der Waals surface area contributed by atoms with Gasteiger partial charge in [-0.15, -0.1) is 12.3 Å². The number of carbonyl (C=O) groups excluding carboxylic acids is 1. The van der Waals surface area contributed by atoms with E-state index in [0.717, 1.165) is 12.1 Å². The van der Waals surface area contributed by atoms with Gasteiger partial charge >= 0.3 is 0 Å². The summed E-state index contributed by atoms with van der Waals surface area (Å²) in [5.74, 6) is 3.30. The normalized spacial score (nSPS) is 16.1. The summed E-state index contributed by atoms with van der Waals surface area (Å²) in [4.78, 5) is 12.1. The summed E-state index contributed by atoms with van der Waals surface area (Å²) in [5.41, 5.74) is 0.751. The van der Waals surface area contributed by atoms with Crippen LogP contribution in [0.15, 0.2) is 22.5 Å². The fourth-order valence-corrected chi connectivity index (χ4v) is 2.72. The topological polar surface area (TPSA) is 71.6 Å². The van der Waals surface area contributed by atoms with Crippen molar-refractivity contribution < 1.29 is 4.79 Å². The van der Waals surface area contributed by atoms with Crippen molar-refractivity contribution in [1.29, 1.82) is 0 Å². The maximum atomic E-state index is 12.1. The highest BCUT2D eigenvalue weighted by Crippen LogP contribution is 2.37. The summed E-state index contributed by atoms with van der Waals surface area (Å²) >= 11 is 0. The minimum atomic E-state index is -0.386. The fraction of sp³-hybridized carbons (Fsp3) is 0.647. The van der Waals surface area contributed by atoms with Gasteiger partial charge in [0.05, 0.1) is 0 Å². The lowest BCUT2D eigenvalue weighted by Crippen LogP contribution is -2.32. The molecular formula is C17H25N5O. The van der Waals surface area contributed by atoms with Crippen LogP contribution in [0, 0.1) is 18.3 Å². The van der Waals surface area contributed by atoms with Crippen LogP contribution in [0.5, 0.6) is 0 Å². The molecule has 1 aliphatic rings. The lowest BCUT2D eigenvalue weighted by Gasteiger charge is -2.21. The van der Waals surface area contributed by atoms with Crippen molar-refractivity contribution in [1.82, 2.24) is 15.1 Å². The maximum Gasteiger partial charge on any atom is 0.220 e. The van der Waals surface area contributed by atoms with Crippen molar-refractivity contribution in [2.75, 3.05) is 6.54 Å². The van der Waals surface area contributed by atoms with Crippen molar-refractivity contribution >= 4 is 5.91 Å². The molecule has 1 amide bonds. The Hall–Kier alpha value is -2.16. The third kappa shape index (κ3) is 4.65. The van der Waals surface area contributed by atoms with Crippen molar-refractivity contribution in [3.05, 3.63) is 18.0 Å². The van der Waals surface area contributed by atoms with Crippen LogP contribution < -0.4 is 5.32 Å². The predicted molar refractivity (Wildman–Crippen MR) is 88.7 cm³/mol. The largest absolute Gasteiger partial charge is 0.355 e. The van der Waals surface area contributed by atoms with Gasteiger partial charge in [-0.25, -0.2) is 0 Å². The van der Waals surface area contributed by atoms with Gasteiger partial charge in [0, 0.05) is 57.1 Å². The lowest BCUT2D eigenvalue weighted by atomic mass is 9.92. The van der Waals surface area contributed by atoms with E-state index in [4.69, 9.17) is 6.42 Å². The molecular weight excluding hydrogens is 290 g/mol. The van der Waals surface area contributed by atoms with Crippen LogP contribution in [0.2, 0.25) is 0 Å². The monoisotopic (exact) mass is 315 g/mol. The molecule has 2 rings (SSSR count). The summed E-state index contributed by atoms with van der Waals surface area (Å²) in [6, 6.07) is 2.01. The molecule has 23 heavy (non-hydrogen) atoms. The van der Waals surface area contributed by atoms with E-state index in [9.17, 15) is 4.79 Å². The third-order valence-electron chi connectivity index (χ3n) is 4.37. The smallest absolute Gasteiger partial charge is 0.220 e. The van der Waals surface area contributed by atoms with Gasteiger partial charge in [0.25, 0.3) is 0 Å². The number of nitrogens with zero attached hydrogens (tertiary/aromatic N) is 4. The van der Waals surface area contributed by atoms with E-state index in [0.29, 0.717) is 31.7 Å². The molecule has 1 aliphatic heterocycles. The molecule has 0 bridgehead atoms. The number of terminal acetylenes is 1. The summed E-state index contributed by atoms with van der Waals surface area (Å²) in [7, 11) is 1.93. The predicted octanol–water partition coefficient (Wildman–Crippen LogP) is 2.63. The average Bonchev–Trinajstić information content (AvgIpc) is 3.18. The highest BCUT2D eigenvalue weighted by molar-refractivity contribution is 5.76. The number of aromatic nitrogens is 2.